The van der Waals surface area contributed by atoms with Crippen molar-refractivity contribution in [1.82, 2.24) is 14.8 Å². The van der Waals surface area contributed by atoms with Gasteiger partial charge in [0.2, 0.25) is 0 Å². The van der Waals surface area contributed by atoms with Gasteiger partial charge in [0.25, 0.3) is 5.88 Å². The third-order valence-corrected chi connectivity index (χ3v) is 3.88. The molecular formula is C18H17N3O. The highest BCUT2D eigenvalue weighted by atomic mass is 16.5. The molecule has 0 amide bonds. The summed E-state index contributed by atoms with van der Waals surface area (Å²) in [5.41, 5.74) is 4.28. The molecule has 0 atom stereocenters. The van der Waals surface area contributed by atoms with E-state index in [2.05, 4.69) is 27.6 Å². The van der Waals surface area contributed by atoms with Crippen molar-refractivity contribution < 1.29 is 4.74 Å². The van der Waals surface area contributed by atoms with Gasteiger partial charge in [-0.2, -0.15) is 5.10 Å². The van der Waals surface area contributed by atoms with Gasteiger partial charge in [0.05, 0.1) is 12.7 Å². The molecule has 0 bridgehead atoms. The Labute approximate surface area is 129 Å². The fraction of sp³-hybridized carbons (Fsp3) is 0.222. The first-order chi connectivity index (χ1) is 10.7. The van der Waals surface area contributed by atoms with Crippen LogP contribution in [-0.2, 0) is 13.2 Å². The van der Waals surface area contributed by atoms with E-state index in [1.807, 2.05) is 37.3 Å². The van der Waals surface area contributed by atoms with Gasteiger partial charge in [0.15, 0.2) is 0 Å². The quantitative estimate of drug-likeness (QED) is 0.693. The summed E-state index contributed by atoms with van der Waals surface area (Å²) in [6.45, 7) is 5.05. The number of rotatable bonds is 4. The summed E-state index contributed by atoms with van der Waals surface area (Å²) in [4.78, 5) is 0. The number of hydrogen-bond donors (Lipinski definition) is 0. The zero-order chi connectivity index (χ0) is 15.5. The normalized spacial score (nSPS) is 10.6. The molecule has 3 aromatic rings. The van der Waals surface area contributed by atoms with Crippen LogP contribution in [0, 0.1) is 26.2 Å². The summed E-state index contributed by atoms with van der Waals surface area (Å²) < 4.78 is 7.95. The van der Waals surface area contributed by atoms with Gasteiger partial charge in [0, 0.05) is 11.1 Å². The van der Waals surface area contributed by atoms with Crippen LogP contribution >= 0.6 is 0 Å². The molecule has 110 valence electrons. The second kappa shape index (κ2) is 5.90. The molecule has 22 heavy (non-hydrogen) atoms. The Morgan fingerprint density at radius 3 is 2.73 bits per heavy atom. The molecule has 0 aliphatic carbocycles. The maximum Gasteiger partial charge on any atom is 0.258 e. The van der Waals surface area contributed by atoms with Gasteiger partial charge >= 0.3 is 0 Å². The number of nitrogens with zero attached hydrogens (tertiary/aromatic N) is 3. The summed E-state index contributed by atoms with van der Waals surface area (Å²) >= 11 is 0. The molecule has 1 aromatic carbocycles. The first kappa shape index (κ1) is 14.2. The van der Waals surface area contributed by atoms with E-state index in [9.17, 15) is 0 Å². The molecule has 0 radical (unpaired) electrons. The summed E-state index contributed by atoms with van der Waals surface area (Å²) in [7, 11) is 0. The van der Waals surface area contributed by atoms with E-state index in [0.717, 1.165) is 27.7 Å². The SMILES string of the molecule is C#CCn1c(C)c(C)c2cnnc(OCc3ccccc3)c21. The Kier molecular flexibility index (Phi) is 3.80. The maximum atomic E-state index is 5.90. The third-order valence-electron chi connectivity index (χ3n) is 3.88. The van der Waals surface area contributed by atoms with Crippen LogP contribution in [0.15, 0.2) is 36.5 Å². The van der Waals surface area contributed by atoms with Crippen LogP contribution in [0.3, 0.4) is 0 Å². The van der Waals surface area contributed by atoms with E-state index in [1.54, 1.807) is 6.20 Å². The summed E-state index contributed by atoms with van der Waals surface area (Å²) in [6.07, 6.45) is 7.26. The largest absolute Gasteiger partial charge is 0.470 e. The molecule has 0 aliphatic rings. The highest BCUT2D eigenvalue weighted by Crippen LogP contribution is 2.30. The highest BCUT2D eigenvalue weighted by Gasteiger charge is 2.16. The standard InChI is InChI=1S/C18H17N3O/c1-4-10-21-14(3)13(2)16-11-19-20-18(17(16)21)22-12-15-8-6-5-7-9-15/h1,5-9,11H,10,12H2,2-3H3. The fourth-order valence-electron chi connectivity index (χ4n) is 2.58. The van der Waals surface area contributed by atoms with Crippen molar-refractivity contribution in [1.29, 1.82) is 0 Å². The van der Waals surface area contributed by atoms with Crippen molar-refractivity contribution in [2.45, 2.75) is 27.0 Å². The van der Waals surface area contributed by atoms with Crippen molar-refractivity contribution in [3.05, 3.63) is 53.3 Å². The average molecular weight is 291 g/mol. The van der Waals surface area contributed by atoms with E-state index in [1.165, 1.54) is 0 Å². The van der Waals surface area contributed by atoms with Crippen molar-refractivity contribution in [3.63, 3.8) is 0 Å². The lowest BCUT2D eigenvalue weighted by Crippen LogP contribution is -2.03. The van der Waals surface area contributed by atoms with Gasteiger partial charge in [-0.05, 0) is 25.0 Å². The second-order valence-corrected chi connectivity index (χ2v) is 5.19. The predicted molar refractivity (Wildman–Crippen MR) is 86.6 cm³/mol. The summed E-state index contributed by atoms with van der Waals surface area (Å²) in [5.74, 6) is 3.21. The smallest absolute Gasteiger partial charge is 0.258 e. The Morgan fingerprint density at radius 2 is 2.00 bits per heavy atom. The molecule has 4 nitrogen and oxygen atoms in total. The molecular weight excluding hydrogens is 274 g/mol. The maximum absolute atomic E-state index is 5.90. The van der Waals surface area contributed by atoms with Gasteiger partial charge in [-0.1, -0.05) is 36.3 Å². The zero-order valence-corrected chi connectivity index (χ0v) is 12.7. The number of benzene rings is 1. The van der Waals surface area contributed by atoms with Gasteiger partial charge in [-0.25, -0.2) is 0 Å². The fourth-order valence-corrected chi connectivity index (χ4v) is 2.58. The number of aromatic nitrogens is 3. The summed E-state index contributed by atoms with van der Waals surface area (Å²) in [5, 5.41) is 9.25. The van der Waals surface area contributed by atoms with Crippen LogP contribution in [0.5, 0.6) is 5.88 Å². The molecule has 0 unspecified atom stereocenters. The van der Waals surface area contributed by atoms with Crippen molar-refractivity contribution in [2.24, 2.45) is 0 Å². The van der Waals surface area contributed by atoms with Crippen LogP contribution in [0.1, 0.15) is 16.8 Å². The number of ether oxygens (including phenoxy) is 1. The Morgan fingerprint density at radius 1 is 1.23 bits per heavy atom. The lowest BCUT2D eigenvalue weighted by atomic mass is 10.2. The van der Waals surface area contributed by atoms with E-state index < -0.39 is 0 Å². The van der Waals surface area contributed by atoms with Crippen molar-refractivity contribution in [2.75, 3.05) is 0 Å². The second-order valence-electron chi connectivity index (χ2n) is 5.19. The Balaban J connectivity index is 2.03. The van der Waals surface area contributed by atoms with Gasteiger partial charge < -0.3 is 9.30 Å². The molecule has 0 aliphatic heterocycles. The minimum absolute atomic E-state index is 0.452. The highest BCUT2D eigenvalue weighted by molar-refractivity contribution is 5.88. The van der Waals surface area contributed by atoms with Crippen molar-refractivity contribution >= 4 is 10.9 Å². The average Bonchev–Trinajstić information content (AvgIpc) is 2.80. The molecule has 2 heterocycles. The van der Waals surface area contributed by atoms with E-state index in [-0.39, 0.29) is 0 Å². The topological polar surface area (TPSA) is 39.9 Å². The van der Waals surface area contributed by atoms with Gasteiger partial charge in [-0.15, -0.1) is 11.5 Å². The number of aryl methyl sites for hydroxylation is 1. The van der Waals surface area contributed by atoms with Gasteiger partial charge in [-0.3, -0.25) is 0 Å². The minimum atomic E-state index is 0.452. The molecule has 2 aromatic heterocycles. The van der Waals surface area contributed by atoms with Crippen LogP contribution < -0.4 is 4.74 Å². The first-order valence-corrected chi connectivity index (χ1v) is 7.13. The van der Waals surface area contributed by atoms with E-state index in [4.69, 9.17) is 11.2 Å². The monoisotopic (exact) mass is 291 g/mol. The van der Waals surface area contributed by atoms with Crippen LogP contribution in [0.25, 0.3) is 10.9 Å². The zero-order valence-electron chi connectivity index (χ0n) is 12.7. The predicted octanol–water partition coefficient (Wildman–Crippen LogP) is 3.26. The Hall–Kier alpha value is -2.80. The van der Waals surface area contributed by atoms with E-state index >= 15 is 0 Å². The number of fused-ring (bicyclic) bond motifs is 1. The minimum Gasteiger partial charge on any atom is -0.470 e. The molecule has 0 spiro atoms. The third kappa shape index (κ3) is 2.42. The molecule has 0 N–H and O–H groups in total. The van der Waals surface area contributed by atoms with Gasteiger partial charge in [0.1, 0.15) is 12.1 Å². The molecule has 4 heteroatoms. The van der Waals surface area contributed by atoms with Crippen molar-refractivity contribution in [3.8, 4) is 18.2 Å². The molecule has 0 fully saturated rings. The van der Waals surface area contributed by atoms with Crippen LogP contribution in [-0.4, -0.2) is 14.8 Å². The first-order valence-electron chi connectivity index (χ1n) is 7.13. The summed E-state index contributed by atoms with van der Waals surface area (Å²) in [6, 6.07) is 9.99. The van der Waals surface area contributed by atoms with Crippen LogP contribution in [0.2, 0.25) is 0 Å². The van der Waals surface area contributed by atoms with E-state index in [0.29, 0.717) is 19.0 Å². The lowest BCUT2D eigenvalue weighted by molar-refractivity contribution is 0.293. The molecule has 3 rings (SSSR count). The molecule has 0 saturated carbocycles. The Bertz CT molecular complexity index is 844. The molecule has 0 saturated heterocycles. The van der Waals surface area contributed by atoms with Crippen LogP contribution in [0.4, 0.5) is 0 Å². The lowest BCUT2D eigenvalue weighted by Gasteiger charge is -2.09. The number of terminal acetylenes is 1. The number of hydrogen-bond acceptors (Lipinski definition) is 3.